The number of amides is 1. The zero-order valence-electron chi connectivity index (χ0n) is 14.5. The van der Waals surface area contributed by atoms with Crippen LogP contribution < -0.4 is 20.1 Å². The predicted octanol–water partition coefficient (Wildman–Crippen LogP) is 2.64. The van der Waals surface area contributed by atoms with Gasteiger partial charge in [-0.3, -0.25) is 4.79 Å². The lowest BCUT2D eigenvalue weighted by molar-refractivity contribution is -0.122. The van der Waals surface area contributed by atoms with Crippen molar-refractivity contribution in [2.24, 2.45) is 0 Å². The Hall–Kier alpha value is -2.53. The lowest BCUT2D eigenvalue weighted by Gasteiger charge is -2.14. The van der Waals surface area contributed by atoms with E-state index in [1.165, 1.54) is 0 Å². The summed E-state index contributed by atoms with van der Waals surface area (Å²) in [4.78, 5) is 12.1. The third-order valence-corrected chi connectivity index (χ3v) is 4.31. The van der Waals surface area contributed by atoms with Gasteiger partial charge in [-0.1, -0.05) is 36.4 Å². The van der Waals surface area contributed by atoms with Crippen LogP contribution in [0.4, 0.5) is 0 Å². The number of hydrogen-bond acceptors (Lipinski definition) is 4. The van der Waals surface area contributed by atoms with Crippen LogP contribution >= 0.6 is 0 Å². The van der Waals surface area contributed by atoms with Crippen molar-refractivity contribution in [1.29, 1.82) is 0 Å². The third-order valence-electron chi connectivity index (χ3n) is 4.31. The summed E-state index contributed by atoms with van der Waals surface area (Å²) < 4.78 is 11.3. The number of carbonyl (C=O) groups is 1. The Labute approximate surface area is 148 Å². The molecule has 2 aromatic rings. The molecule has 25 heavy (non-hydrogen) atoms. The van der Waals surface area contributed by atoms with Crippen molar-refractivity contribution in [2.75, 3.05) is 13.7 Å². The summed E-state index contributed by atoms with van der Waals surface area (Å²) in [6.07, 6.45) is 1.96. The SMILES string of the molecule is COc1cc(CNC(=O)C2CCCN2)ccc1OCc1ccccc1. The summed E-state index contributed by atoms with van der Waals surface area (Å²) in [5.41, 5.74) is 2.08. The van der Waals surface area contributed by atoms with Crippen LogP contribution in [-0.2, 0) is 17.9 Å². The molecule has 0 aliphatic carbocycles. The van der Waals surface area contributed by atoms with E-state index >= 15 is 0 Å². The molecule has 1 atom stereocenters. The molecule has 2 aromatic carbocycles. The van der Waals surface area contributed by atoms with Gasteiger partial charge in [0.25, 0.3) is 0 Å². The van der Waals surface area contributed by atoms with Gasteiger partial charge in [-0.25, -0.2) is 0 Å². The highest BCUT2D eigenvalue weighted by Gasteiger charge is 2.21. The van der Waals surface area contributed by atoms with Crippen LogP contribution in [0.25, 0.3) is 0 Å². The average Bonchev–Trinajstić information content (AvgIpc) is 3.20. The number of benzene rings is 2. The van der Waals surface area contributed by atoms with Crippen LogP contribution in [0.5, 0.6) is 11.5 Å². The Morgan fingerprint density at radius 1 is 1.16 bits per heavy atom. The maximum Gasteiger partial charge on any atom is 0.237 e. The van der Waals surface area contributed by atoms with Gasteiger partial charge in [-0.2, -0.15) is 0 Å². The highest BCUT2D eigenvalue weighted by atomic mass is 16.5. The monoisotopic (exact) mass is 340 g/mol. The standard InChI is InChI=1S/C20H24N2O3/c1-24-19-12-16(13-22-20(23)17-8-5-11-21-17)9-10-18(19)25-14-15-6-3-2-4-7-15/h2-4,6-7,9-10,12,17,21H,5,8,11,13-14H2,1H3,(H,22,23). The molecule has 2 N–H and O–H groups in total. The zero-order valence-corrected chi connectivity index (χ0v) is 14.5. The van der Waals surface area contributed by atoms with Crippen molar-refractivity contribution in [3.63, 3.8) is 0 Å². The minimum Gasteiger partial charge on any atom is -0.493 e. The van der Waals surface area contributed by atoms with Gasteiger partial charge in [-0.15, -0.1) is 0 Å². The van der Waals surface area contributed by atoms with Crippen LogP contribution in [0.2, 0.25) is 0 Å². The lowest BCUT2D eigenvalue weighted by Crippen LogP contribution is -2.39. The average molecular weight is 340 g/mol. The third kappa shape index (κ3) is 4.73. The van der Waals surface area contributed by atoms with E-state index in [4.69, 9.17) is 9.47 Å². The van der Waals surface area contributed by atoms with Crippen LogP contribution in [0, 0.1) is 0 Å². The Morgan fingerprint density at radius 3 is 2.72 bits per heavy atom. The predicted molar refractivity (Wildman–Crippen MR) is 96.6 cm³/mol. The van der Waals surface area contributed by atoms with Crippen molar-refractivity contribution in [2.45, 2.75) is 32.0 Å². The van der Waals surface area contributed by atoms with Gasteiger partial charge in [0.05, 0.1) is 13.2 Å². The molecule has 1 aliphatic rings. The van der Waals surface area contributed by atoms with E-state index in [1.807, 2.05) is 48.5 Å². The second kappa shape index (κ2) is 8.53. The summed E-state index contributed by atoms with van der Waals surface area (Å²) in [6, 6.07) is 15.7. The molecular weight excluding hydrogens is 316 g/mol. The van der Waals surface area contributed by atoms with E-state index in [2.05, 4.69) is 10.6 Å². The quantitative estimate of drug-likeness (QED) is 0.813. The second-order valence-electron chi connectivity index (χ2n) is 6.13. The summed E-state index contributed by atoms with van der Waals surface area (Å²) in [6.45, 7) is 1.88. The maximum atomic E-state index is 12.1. The van der Waals surface area contributed by atoms with E-state index in [9.17, 15) is 4.79 Å². The van der Waals surface area contributed by atoms with Crippen LogP contribution in [0.1, 0.15) is 24.0 Å². The van der Waals surface area contributed by atoms with Crippen molar-refractivity contribution in [3.05, 3.63) is 59.7 Å². The van der Waals surface area contributed by atoms with Crippen LogP contribution in [0.3, 0.4) is 0 Å². The summed E-state index contributed by atoms with van der Waals surface area (Å²) in [5.74, 6) is 1.42. The van der Waals surface area contributed by atoms with E-state index in [0.29, 0.717) is 24.7 Å². The molecule has 1 saturated heterocycles. The molecule has 0 bridgehead atoms. The van der Waals surface area contributed by atoms with E-state index < -0.39 is 0 Å². The number of ether oxygens (including phenoxy) is 2. The van der Waals surface area contributed by atoms with Crippen LogP contribution in [0.15, 0.2) is 48.5 Å². The first-order chi connectivity index (χ1) is 12.3. The molecule has 0 radical (unpaired) electrons. The molecule has 132 valence electrons. The second-order valence-corrected chi connectivity index (χ2v) is 6.13. The first kappa shape index (κ1) is 17.3. The van der Waals surface area contributed by atoms with Crippen molar-refractivity contribution in [3.8, 4) is 11.5 Å². The van der Waals surface area contributed by atoms with E-state index in [-0.39, 0.29) is 11.9 Å². The van der Waals surface area contributed by atoms with Gasteiger partial charge < -0.3 is 20.1 Å². The Morgan fingerprint density at radius 2 is 2.00 bits per heavy atom. The molecule has 0 saturated carbocycles. The number of methoxy groups -OCH3 is 1. The van der Waals surface area contributed by atoms with Gasteiger partial charge >= 0.3 is 0 Å². The Bertz CT molecular complexity index is 697. The van der Waals surface area contributed by atoms with Gasteiger partial charge in [0.2, 0.25) is 5.91 Å². The molecule has 1 heterocycles. The number of hydrogen-bond donors (Lipinski definition) is 2. The van der Waals surface area contributed by atoms with E-state index in [1.54, 1.807) is 7.11 Å². The molecule has 1 amide bonds. The fourth-order valence-electron chi connectivity index (χ4n) is 2.90. The highest BCUT2D eigenvalue weighted by molar-refractivity contribution is 5.82. The lowest BCUT2D eigenvalue weighted by atomic mass is 10.1. The molecule has 1 unspecified atom stereocenters. The maximum absolute atomic E-state index is 12.1. The molecule has 1 fully saturated rings. The fourth-order valence-corrected chi connectivity index (χ4v) is 2.90. The minimum absolute atomic E-state index is 0.0564. The summed E-state index contributed by atoms with van der Waals surface area (Å²) in [7, 11) is 1.62. The Kier molecular flexibility index (Phi) is 5.90. The Balaban J connectivity index is 1.58. The zero-order chi connectivity index (χ0) is 17.5. The van der Waals surface area contributed by atoms with Crippen molar-refractivity contribution in [1.82, 2.24) is 10.6 Å². The van der Waals surface area contributed by atoms with E-state index in [0.717, 1.165) is 30.5 Å². The summed E-state index contributed by atoms with van der Waals surface area (Å²) in [5, 5.41) is 6.17. The number of nitrogens with one attached hydrogen (secondary N) is 2. The highest BCUT2D eigenvalue weighted by Crippen LogP contribution is 2.28. The largest absolute Gasteiger partial charge is 0.493 e. The van der Waals surface area contributed by atoms with Gasteiger partial charge in [0.15, 0.2) is 11.5 Å². The molecule has 1 aliphatic heterocycles. The van der Waals surface area contributed by atoms with Crippen molar-refractivity contribution >= 4 is 5.91 Å². The van der Waals surface area contributed by atoms with Gasteiger partial charge in [0, 0.05) is 6.54 Å². The molecular formula is C20H24N2O3. The normalized spacial score (nSPS) is 16.4. The van der Waals surface area contributed by atoms with Crippen molar-refractivity contribution < 1.29 is 14.3 Å². The smallest absolute Gasteiger partial charge is 0.237 e. The molecule has 0 aromatic heterocycles. The van der Waals surface area contributed by atoms with Gasteiger partial charge in [-0.05, 0) is 42.6 Å². The summed E-state index contributed by atoms with van der Waals surface area (Å²) >= 11 is 0. The number of rotatable bonds is 7. The molecule has 5 heteroatoms. The van der Waals surface area contributed by atoms with Crippen LogP contribution in [-0.4, -0.2) is 25.6 Å². The fraction of sp³-hybridized carbons (Fsp3) is 0.350. The first-order valence-corrected chi connectivity index (χ1v) is 8.61. The molecule has 0 spiro atoms. The molecule has 5 nitrogen and oxygen atoms in total. The van der Waals surface area contributed by atoms with Gasteiger partial charge in [0.1, 0.15) is 6.61 Å². The first-order valence-electron chi connectivity index (χ1n) is 8.61. The number of carbonyl (C=O) groups excluding carboxylic acids is 1. The topological polar surface area (TPSA) is 59.6 Å². The minimum atomic E-state index is -0.0598. The molecule has 3 rings (SSSR count).